The second kappa shape index (κ2) is 12.7. The van der Waals surface area contributed by atoms with E-state index in [2.05, 4.69) is 20.5 Å². The molecule has 8 rings (SSSR count). The molecule has 2 aliphatic heterocycles. The minimum atomic E-state index is -0.600. The first-order valence-electron chi connectivity index (χ1n) is 16.4. The van der Waals surface area contributed by atoms with Gasteiger partial charge in [0.1, 0.15) is 28.8 Å². The summed E-state index contributed by atoms with van der Waals surface area (Å²) in [5.41, 5.74) is 3.04. The summed E-state index contributed by atoms with van der Waals surface area (Å²) in [7, 11) is 0. The number of halogens is 3. The number of nitrogens with zero attached hydrogens (tertiary/aromatic N) is 6. The topological polar surface area (TPSA) is 82.6 Å². The Morgan fingerprint density at radius 1 is 0.837 bits per heavy atom. The highest BCUT2D eigenvalue weighted by atomic mass is 19.1. The molecular formula is C38H32F3N7O. The van der Waals surface area contributed by atoms with Crippen LogP contribution in [0.1, 0.15) is 43.0 Å². The summed E-state index contributed by atoms with van der Waals surface area (Å²) in [5, 5.41) is 12.6. The monoisotopic (exact) mass is 659 g/mol. The van der Waals surface area contributed by atoms with Gasteiger partial charge < -0.3 is 9.88 Å². The van der Waals surface area contributed by atoms with Crippen LogP contribution >= 0.6 is 0 Å². The largest absolute Gasteiger partial charge is 0.378 e. The normalized spacial score (nSPS) is 16.4. The van der Waals surface area contributed by atoms with E-state index in [9.17, 15) is 9.18 Å². The number of benzene rings is 3. The number of hydrogen-bond acceptors (Lipinski definition) is 5. The Labute approximate surface area is 279 Å². The van der Waals surface area contributed by atoms with Crippen molar-refractivity contribution in [3.8, 4) is 22.6 Å². The third-order valence-corrected chi connectivity index (χ3v) is 9.57. The van der Waals surface area contributed by atoms with E-state index < -0.39 is 17.2 Å². The summed E-state index contributed by atoms with van der Waals surface area (Å²) in [6.07, 6.45) is 10.9. The highest BCUT2D eigenvalue weighted by Gasteiger charge is 2.32. The van der Waals surface area contributed by atoms with Gasteiger partial charge in [-0.1, -0.05) is 37.1 Å². The number of rotatable bonds is 8. The molecule has 1 fully saturated rings. The van der Waals surface area contributed by atoms with Crippen molar-refractivity contribution in [3.05, 3.63) is 143 Å². The van der Waals surface area contributed by atoms with Crippen molar-refractivity contribution in [2.75, 3.05) is 5.32 Å². The van der Waals surface area contributed by atoms with E-state index >= 15 is 8.78 Å². The molecule has 8 nitrogen and oxygen atoms in total. The number of pyridine rings is 2. The lowest BCUT2D eigenvalue weighted by Crippen LogP contribution is -2.27. The Bertz CT molecular complexity index is 2300. The van der Waals surface area contributed by atoms with Crippen molar-refractivity contribution >= 4 is 16.6 Å². The fourth-order valence-corrected chi connectivity index (χ4v) is 7.17. The van der Waals surface area contributed by atoms with Crippen molar-refractivity contribution in [1.82, 2.24) is 29.1 Å². The van der Waals surface area contributed by atoms with Crippen molar-refractivity contribution < 1.29 is 13.2 Å². The van der Waals surface area contributed by atoms with E-state index in [1.165, 1.54) is 24.3 Å². The second-order valence-corrected chi connectivity index (χ2v) is 12.5. The molecule has 1 aliphatic carbocycles. The lowest BCUT2D eigenvalue weighted by Gasteiger charge is -2.35. The molecule has 0 unspecified atom stereocenters. The van der Waals surface area contributed by atoms with E-state index in [-0.39, 0.29) is 47.0 Å². The lowest BCUT2D eigenvalue weighted by atomic mass is 9.81. The maximum absolute atomic E-state index is 16.0. The van der Waals surface area contributed by atoms with E-state index in [1.54, 1.807) is 47.5 Å². The van der Waals surface area contributed by atoms with Crippen LogP contribution in [0.2, 0.25) is 0 Å². The van der Waals surface area contributed by atoms with E-state index in [0.717, 1.165) is 41.6 Å². The third kappa shape index (κ3) is 5.64. The summed E-state index contributed by atoms with van der Waals surface area (Å²) in [4.78, 5) is 18.3. The number of fused-ring (bicyclic) bond motifs is 3. The maximum atomic E-state index is 16.0. The van der Waals surface area contributed by atoms with Gasteiger partial charge in [-0.15, -0.1) is 0 Å². The van der Waals surface area contributed by atoms with Gasteiger partial charge in [0.15, 0.2) is 0 Å². The molecule has 0 bridgehead atoms. The molecule has 1 N–H and O–H groups in total. The second-order valence-electron chi connectivity index (χ2n) is 12.5. The molecule has 4 heterocycles. The minimum absolute atomic E-state index is 0.00718. The average Bonchev–Trinajstić information content (AvgIpc) is 3.78. The van der Waals surface area contributed by atoms with Crippen LogP contribution < -0.4 is 10.9 Å². The van der Waals surface area contributed by atoms with Gasteiger partial charge in [-0.3, -0.25) is 9.78 Å². The predicted octanol–water partition coefficient (Wildman–Crippen LogP) is 7.88. The zero-order chi connectivity index (χ0) is 33.5. The van der Waals surface area contributed by atoms with Crippen LogP contribution in [0.3, 0.4) is 0 Å². The van der Waals surface area contributed by atoms with Crippen molar-refractivity contribution in [2.24, 2.45) is 5.92 Å². The van der Waals surface area contributed by atoms with Gasteiger partial charge in [0, 0.05) is 37.4 Å². The first kappa shape index (κ1) is 30.6. The molecule has 2 atom stereocenters. The molecule has 0 spiro atoms. The molecule has 0 saturated heterocycles. The van der Waals surface area contributed by atoms with Crippen LogP contribution in [0.5, 0.6) is 0 Å². The summed E-state index contributed by atoms with van der Waals surface area (Å²) in [6, 6.07) is 21.5. The van der Waals surface area contributed by atoms with E-state index in [4.69, 9.17) is 0 Å². The van der Waals surface area contributed by atoms with Gasteiger partial charge >= 0.3 is 0 Å². The molecule has 0 radical (unpaired) electrons. The van der Waals surface area contributed by atoms with Gasteiger partial charge in [0.05, 0.1) is 33.5 Å². The number of aromatic nitrogens is 6. The molecule has 3 aromatic carbocycles. The molecule has 49 heavy (non-hydrogen) atoms. The van der Waals surface area contributed by atoms with Crippen LogP contribution in [0.15, 0.2) is 108 Å². The molecule has 2 aromatic heterocycles. The first-order valence-corrected chi connectivity index (χ1v) is 16.4. The highest BCUT2D eigenvalue weighted by Crippen LogP contribution is 2.42. The summed E-state index contributed by atoms with van der Waals surface area (Å²) in [5.74, 6) is -1.45. The molecule has 246 valence electrons. The lowest BCUT2D eigenvalue weighted by molar-refractivity contribution is 0.238. The van der Waals surface area contributed by atoms with Crippen molar-refractivity contribution in [1.29, 1.82) is 0 Å². The standard InChI is InChI=1S/C38H32F3N7O/c39-28-9-5-18-42-31(28)21-25-7-1-3-10-32(25)46-23-27-36(45-48(38(27)49)33-11-4-2-8-29(33)40)35-34(46)17-16-30(41)37(35)43-22-24-12-14-26(15-13-24)47-20-6-19-44-47/h2,4-6,8-9,11-20,23,25,32,43H,1,3,7,10,21-22H2/t25-,32+/m1/s1. The van der Waals surface area contributed by atoms with Gasteiger partial charge in [-0.25, -0.2) is 17.9 Å². The van der Waals surface area contributed by atoms with E-state index in [0.29, 0.717) is 23.0 Å². The molecule has 3 aliphatic rings. The van der Waals surface area contributed by atoms with Crippen molar-refractivity contribution in [2.45, 2.75) is 44.7 Å². The third-order valence-electron chi connectivity index (χ3n) is 9.57. The SMILES string of the molecule is O=c1c2cn([C@H]3CCCC[C@@H]3Cc3ncccc3F)c3ccc(F)c(NCc4ccc(-n5cccn5)cc4)c3c-2nn1-c1ccccc1F. The van der Waals surface area contributed by atoms with Gasteiger partial charge in [-0.05, 0) is 85.3 Å². The molecule has 11 heteroatoms. The van der Waals surface area contributed by atoms with Crippen LogP contribution in [-0.2, 0) is 13.0 Å². The molecule has 5 aromatic rings. The van der Waals surface area contributed by atoms with Gasteiger partial charge in [0.2, 0.25) is 0 Å². The Morgan fingerprint density at radius 3 is 2.45 bits per heavy atom. The zero-order valence-corrected chi connectivity index (χ0v) is 26.4. The number of para-hydroxylation sites is 1. The summed E-state index contributed by atoms with van der Waals surface area (Å²) >= 11 is 0. The number of nitrogens with one attached hydrogen (secondary N) is 1. The van der Waals surface area contributed by atoms with Gasteiger partial charge in [-0.2, -0.15) is 14.9 Å². The Hall–Kier alpha value is -5.71. The van der Waals surface area contributed by atoms with Crippen LogP contribution in [-0.4, -0.2) is 29.1 Å². The van der Waals surface area contributed by atoms with Crippen LogP contribution in [0.25, 0.3) is 33.5 Å². The Morgan fingerprint density at radius 2 is 1.65 bits per heavy atom. The Balaban J connectivity index is 1.27. The maximum Gasteiger partial charge on any atom is 0.282 e. The smallest absolute Gasteiger partial charge is 0.282 e. The first-order chi connectivity index (χ1) is 24.0. The molecular weight excluding hydrogens is 627 g/mol. The van der Waals surface area contributed by atoms with Crippen LogP contribution in [0.4, 0.5) is 18.9 Å². The fourth-order valence-electron chi connectivity index (χ4n) is 7.17. The van der Waals surface area contributed by atoms with Crippen molar-refractivity contribution in [3.63, 3.8) is 0 Å². The average molecular weight is 660 g/mol. The van der Waals surface area contributed by atoms with E-state index in [1.807, 2.05) is 41.1 Å². The zero-order valence-electron chi connectivity index (χ0n) is 26.4. The van der Waals surface area contributed by atoms with Crippen LogP contribution in [0, 0.1) is 23.4 Å². The molecule has 0 amide bonds. The summed E-state index contributed by atoms with van der Waals surface area (Å²) in [6.45, 7) is 0.287. The fraction of sp³-hybridized carbons (Fsp3) is 0.211. The minimum Gasteiger partial charge on any atom is -0.378 e. The summed E-state index contributed by atoms with van der Waals surface area (Å²) < 4.78 is 50.6. The molecule has 1 saturated carbocycles. The predicted molar refractivity (Wildman–Crippen MR) is 182 cm³/mol. The quantitative estimate of drug-likeness (QED) is 0.180. The number of anilines is 1. The highest BCUT2D eigenvalue weighted by molar-refractivity contribution is 6.03. The van der Waals surface area contributed by atoms with Gasteiger partial charge in [0.25, 0.3) is 5.56 Å². The number of hydrogen-bond donors (Lipinski definition) is 1. The Kier molecular flexibility index (Phi) is 7.95.